The summed E-state index contributed by atoms with van der Waals surface area (Å²) in [7, 11) is 0. The number of nitrogens with zero attached hydrogens (tertiary/aromatic N) is 1. The first-order valence-corrected chi connectivity index (χ1v) is 5.09. The van der Waals surface area contributed by atoms with E-state index in [1.54, 1.807) is 0 Å². The summed E-state index contributed by atoms with van der Waals surface area (Å²) in [5.41, 5.74) is 5.44. The van der Waals surface area contributed by atoms with Crippen molar-refractivity contribution < 1.29 is 13.6 Å². The number of nitrogens with two attached hydrogens (primary N) is 1. The Morgan fingerprint density at radius 2 is 2.12 bits per heavy atom. The van der Waals surface area contributed by atoms with Gasteiger partial charge >= 0.3 is 0 Å². The Hall–Kier alpha value is -2.04. The van der Waals surface area contributed by atoms with Crippen molar-refractivity contribution in [3.8, 4) is 0 Å². The second kappa shape index (κ2) is 4.45. The molecule has 1 aromatic carbocycles. The fourth-order valence-electron chi connectivity index (χ4n) is 1.73. The molecule has 1 amide bonds. The molecular weight excluding hydrogens is 226 g/mol. The zero-order valence-corrected chi connectivity index (χ0v) is 8.91. The van der Waals surface area contributed by atoms with Crippen molar-refractivity contribution in [2.75, 3.05) is 0 Å². The van der Waals surface area contributed by atoms with Crippen molar-refractivity contribution in [3.63, 3.8) is 0 Å². The summed E-state index contributed by atoms with van der Waals surface area (Å²) < 4.78 is 26.6. The van der Waals surface area contributed by atoms with E-state index in [0.717, 1.165) is 6.07 Å². The second-order valence-corrected chi connectivity index (χ2v) is 3.71. The molecule has 0 aliphatic rings. The van der Waals surface area contributed by atoms with Gasteiger partial charge < -0.3 is 5.73 Å². The minimum Gasteiger partial charge on any atom is -0.370 e. The first-order valence-electron chi connectivity index (χ1n) is 5.09. The highest BCUT2D eigenvalue weighted by Gasteiger charge is 2.10. The van der Waals surface area contributed by atoms with Gasteiger partial charge in [-0.3, -0.25) is 9.78 Å². The summed E-state index contributed by atoms with van der Waals surface area (Å²) in [6.45, 7) is 0. The number of rotatable bonds is 3. The van der Waals surface area contributed by atoms with E-state index in [9.17, 15) is 13.6 Å². The molecule has 2 N–H and O–H groups in total. The Kier molecular flexibility index (Phi) is 2.99. The number of amides is 1. The zero-order valence-electron chi connectivity index (χ0n) is 8.91. The predicted molar refractivity (Wildman–Crippen MR) is 59.2 cm³/mol. The number of hydrogen-bond donors (Lipinski definition) is 1. The van der Waals surface area contributed by atoms with Gasteiger partial charge in [0, 0.05) is 24.1 Å². The molecule has 5 heteroatoms. The molecule has 0 spiro atoms. The highest BCUT2D eigenvalue weighted by atomic mass is 19.1. The summed E-state index contributed by atoms with van der Waals surface area (Å²) in [4.78, 5) is 14.7. The second-order valence-electron chi connectivity index (χ2n) is 3.71. The lowest BCUT2D eigenvalue weighted by molar-refractivity contribution is -0.118. The van der Waals surface area contributed by atoms with Crippen LogP contribution in [0.4, 0.5) is 8.78 Å². The fourth-order valence-corrected chi connectivity index (χ4v) is 1.73. The number of fused-ring (bicyclic) bond motifs is 1. The van der Waals surface area contributed by atoms with Gasteiger partial charge in [0.15, 0.2) is 0 Å². The molecule has 1 aromatic heterocycles. The van der Waals surface area contributed by atoms with Gasteiger partial charge in [0.25, 0.3) is 0 Å². The lowest BCUT2D eigenvalue weighted by Gasteiger charge is -2.05. The van der Waals surface area contributed by atoms with Crippen molar-refractivity contribution in [3.05, 3.63) is 41.7 Å². The van der Waals surface area contributed by atoms with E-state index in [-0.39, 0.29) is 18.2 Å². The topological polar surface area (TPSA) is 56.0 Å². The van der Waals surface area contributed by atoms with Crippen LogP contribution < -0.4 is 5.73 Å². The SMILES string of the molecule is NC(=O)CCc1nccc2cc(F)cc(F)c12. The average Bonchev–Trinajstić information content (AvgIpc) is 2.25. The Balaban J connectivity index is 2.52. The Bertz CT molecular complexity index is 584. The summed E-state index contributed by atoms with van der Waals surface area (Å²) >= 11 is 0. The predicted octanol–water partition coefficient (Wildman–Crippen LogP) is 1.93. The van der Waals surface area contributed by atoms with Gasteiger partial charge in [-0.1, -0.05) is 0 Å². The molecule has 2 rings (SSSR count). The van der Waals surface area contributed by atoms with Crippen LogP contribution in [-0.4, -0.2) is 10.9 Å². The van der Waals surface area contributed by atoms with Gasteiger partial charge in [-0.15, -0.1) is 0 Å². The van der Waals surface area contributed by atoms with Crippen molar-refractivity contribution in [2.24, 2.45) is 5.73 Å². The maximum absolute atomic E-state index is 13.6. The number of aromatic nitrogens is 1. The average molecular weight is 236 g/mol. The van der Waals surface area contributed by atoms with Crippen LogP contribution in [0.2, 0.25) is 0 Å². The number of aryl methyl sites for hydroxylation is 1. The molecular formula is C12H10F2N2O. The van der Waals surface area contributed by atoms with Crippen LogP contribution >= 0.6 is 0 Å². The van der Waals surface area contributed by atoms with Crippen LogP contribution in [0.5, 0.6) is 0 Å². The molecule has 0 aliphatic carbocycles. The molecule has 0 bridgehead atoms. The number of carbonyl (C=O) groups excluding carboxylic acids is 1. The van der Waals surface area contributed by atoms with Crippen LogP contribution in [0.15, 0.2) is 24.4 Å². The summed E-state index contributed by atoms with van der Waals surface area (Å²) in [6.07, 6.45) is 1.79. The molecule has 17 heavy (non-hydrogen) atoms. The van der Waals surface area contributed by atoms with Crippen LogP contribution in [0.25, 0.3) is 10.8 Å². The molecule has 1 heterocycles. The van der Waals surface area contributed by atoms with Gasteiger partial charge in [-0.05, 0) is 23.9 Å². The first-order chi connectivity index (χ1) is 8.08. The number of benzene rings is 1. The summed E-state index contributed by atoms with van der Waals surface area (Å²) in [6, 6.07) is 3.56. The van der Waals surface area contributed by atoms with Gasteiger partial charge in [-0.25, -0.2) is 8.78 Å². The van der Waals surface area contributed by atoms with Crippen LogP contribution in [0.3, 0.4) is 0 Å². The van der Waals surface area contributed by atoms with Crippen molar-refractivity contribution in [2.45, 2.75) is 12.8 Å². The third-order valence-corrected chi connectivity index (χ3v) is 2.47. The zero-order chi connectivity index (χ0) is 12.4. The minimum absolute atomic E-state index is 0.0862. The number of primary amides is 1. The normalized spacial score (nSPS) is 10.7. The van der Waals surface area contributed by atoms with Crippen molar-refractivity contribution in [1.82, 2.24) is 4.98 Å². The highest BCUT2D eigenvalue weighted by molar-refractivity contribution is 5.85. The third kappa shape index (κ3) is 2.38. The van der Waals surface area contributed by atoms with E-state index in [4.69, 9.17) is 5.73 Å². The molecule has 0 saturated carbocycles. The number of pyridine rings is 1. The smallest absolute Gasteiger partial charge is 0.217 e. The molecule has 0 unspecified atom stereocenters. The van der Waals surface area contributed by atoms with E-state index < -0.39 is 17.5 Å². The van der Waals surface area contributed by atoms with Gasteiger partial charge in [-0.2, -0.15) is 0 Å². The van der Waals surface area contributed by atoms with Crippen molar-refractivity contribution in [1.29, 1.82) is 0 Å². The molecule has 0 fully saturated rings. The van der Waals surface area contributed by atoms with Crippen LogP contribution in [-0.2, 0) is 11.2 Å². The standard InChI is InChI=1S/C12H10F2N2O/c13-8-5-7-3-4-16-10(1-2-11(15)17)12(7)9(14)6-8/h3-6H,1-2H2,(H2,15,17). The van der Waals surface area contributed by atoms with Gasteiger partial charge in [0.2, 0.25) is 5.91 Å². The number of carbonyl (C=O) groups is 1. The molecule has 0 saturated heterocycles. The number of halogens is 2. The monoisotopic (exact) mass is 236 g/mol. The molecule has 0 atom stereocenters. The molecule has 0 radical (unpaired) electrons. The van der Waals surface area contributed by atoms with Crippen LogP contribution in [0, 0.1) is 11.6 Å². The molecule has 3 nitrogen and oxygen atoms in total. The van der Waals surface area contributed by atoms with Gasteiger partial charge in [0.1, 0.15) is 11.6 Å². The quantitative estimate of drug-likeness (QED) is 0.885. The van der Waals surface area contributed by atoms with E-state index in [2.05, 4.69) is 4.98 Å². The van der Waals surface area contributed by atoms with E-state index in [1.165, 1.54) is 18.3 Å². The Morgan fingerprint density at radius 3 is 2.82 bits per heavy atom. The first kappa shape index (κ1) is 11.4. The maximum atomic E-state index is 13.6. The minimum atomic E-state index is -0.674. The summed E-state index contributed by atoms with van der Waals surface area (Å²) in [5, 5.41) is 0.673. The van der Waals surface area contributed by atoms with E-state index in [0.29, 0.717) is 11.1 Å². The maximum Gasteiger partial charge on any atom is 0.217 e. The molecule has 2 aromatic rings. The molecule has 88 valence electrons. The Labute approximate surface area is 96.3 Å². The third-order valence-electron chi connectivity index (χ3n) is 2.47. The summed E-state index contributed by atoms with van der Waals surface area (Å²) in [5.74, 6) is -1.79. The van der Waals surface area contributed by atoms with Crippen molar-refractivity contribution >= 4 is 16.7 Å². The lowest BCUT2D eigenvalue weighted by Crippen LogP contribution is -2.12. The largest absolute Gasteiger partial charge is 0.370 e. The Morgan fingerprint density at radius 1 is 1.35 bits per heavy atom. The highest BCUT2D eigenvalue weighted by Crippen LogP contribution is 2.22. The van der Waals surface area contributed by atoms with E-state index in [1.807, 2.05) is 0 Å². The van der Waals surface area contributed by atoms with E-state index >= 15 is 0 Å². The van der Waals surface area contributed by atoms with Gasteiger partial charge in [0.05, 0.1) is 5.69 Å². The lowest BCUT2D eigenvalue weighted by atomic mass is 10.1. The fraction of sp³-hybridized carbons (Fsp3) is 0.167. The number of hydrogen-bond acceptors (Lipinski definition) is 2. The van der Waals surface area contributed by atoms with Crippen LogP contribution in [0.1, 0.15) is 12.1 Å². The molecule has 0 aliphatic heterocycles.